The van der Waals surface area contributed by atoms with Crippen molar-refractivity contribution in [2.24, 2.45) is 0 Å². The van der Waals surface area contributed by atoms with E-state index in [0.29, 0.717) is 6.42 Å². The van der Waals surface area contributed by atoms with Crippen LogP contribution in [0, 0.1) is 0 Å². The maximum Gasteiger partial charge on any atom is 0.306 e. The van der Waals surface area contributed by atoms with Gasteiger partial charge in [-0.05, 0) is 12.8 Å². The van der Waals surface area contributed by atoms with Crippen molar-refractivity contribution in [1.82, 2.24) is 0 Å². The minimum Gasteiger partial charge on any atom is -0.550 e. The predicted octanol–water partition coefficient (Wildman–Crippen LogP) is -0.726. The van der Waals surface area contributed by atoms with E-state index >= 15 is 0 Å². The molecule has 0 atom stereocenters. The first-order valence-corrected chi connectivity index (χ1v) is 5.50. The second kappa shape index (κ2) is 9.15. The first-order chi connectivity index (χ1) is 8.41. The van der Waals surface area contributed by atoms with Crippen LogP contribution >= 0.6 is 0 Å². The van der Waals surface area contributed by atoms with Crippen LogP contribution in [0.1, 0.15) is 38.5 Å². The van der Waals surface area contributed by atoms with E-state index < -0.39 is 24.3 Å². The SMILES string of the molecule is O=C([O-])CCC(=O)OCCCC(=O)CCC(=O)O. The zero-order chi connectivity index (χ0) is 14.0. The predicted molar refractivity (Wildman–Crippen MR) is 56.3 cm³/mol. The van der Waals surface area contributed by atoms with Crippen LogP contribution in [-0.2, 0) is 23.9 Å². The Morgan fingerprint density at radius 2 is 1.61 bits per heavy atom. The summed E-state index contributed by atoms with van der Waals surface area (Å²) in [6, 6.07) is 0. The van der Waals surface area contributed by atoms with Crippen LogP contribution in [0.15, 0.2) is 0 Å². The van der Waals surface area contributed by atoms with Crippen molar-refractivity contribution >= 4 is 23.7 Å². The van der Waals surface area contributed by atoms with Crippen molar-refractivity contribution in [3.63, 3.8) is 0 Å². The Kier molecular flexibility index (Phi) is 8.17. The largest absolute Gasteiger partial charge is 0.550 e. The van der Waals surface area contributed by atoms with Gasteiger partial charge in [0.05, 0.1) is 19.4 Å². The normalized spacial score (nSPS) is 9.78. The second-order valence-corrected chi connectivity index (χ2v) is 3.63. The number of aliphatic carboxylic acids is 2. The van der Waals surface area contributed by atoms with E-state index in [9.17, 15) is 24.3 Å². The summed E-state index contributed by atoms with van der Waals surface area (Å²) in [5, 5.41) is 18.4. The quantitative estimate of drug-likeness (QED) is 0.405. The van der Waals surface area contributed by atoms with Crippen molar-refractivity contribution in [2.45, 2.75) is 38.5 Å². The molecule has 102 valence electrons. The second-order valence-electron chi connectivity index (χ2n) is 3.63. The summed E-state index contributed by atoms with van der Waals surface area (Å²) in [6.45, 7) is 0.0185. The lowest BCUT2D eigenvalue weighted by atomic mass is 10.1. The molecule has 0 heterocycles. The highest BCUT2D eigenvalue weighted by Crippen LogP contribution is 2.00. The molecule has 0 radical (unpaired) electrons. The minimum absolute atomic E-state index is 0.0185. The van der Waals surface area contributed by atoms with Crippen LogP contribution in [0.5, 0.6) is 0 Å². The molecule has 0 saturated heterocycles. The van der Waals surface area contributed by atoms with Crippen LogP contribution in [0.3, 0.4) is 0 Å². The van der Waals surface area contributed by atoms with Gasteiger partial charge in [0.1, 0.15) is 5.78 Å². The topological polar surface area (TPSA) is 121 Å². The zero-order valence-corrected chi connectivity index (χ0v) is 9.85. The molecule has 0 rings (SSSR count). The molecule has 0 aromatic heterocycles. The molecule has 0 aromatic carbocycles. The summed E-state index contributed by atoms with van der Waals surface area (Å²) in [6.07, 6.45) is -0.444. The molecule has 0 bridgehead atoms. The highest BCUT2D eigenvalue weighted by atomic mass is 16.5. The van der Waals surface area contributed by atoms with Crippen LogP contribution in [0.2, 0.25) is 0 Å². The van der Waals surface area contributed by atoms with E-state index in [2.05, 4.69) is 4.74 Å². The Labute approximate surface area is 104 Å². The zero-order valence-electron chi connectivity index (χ0n) is 9.85. The fourth-order valence-electron chi connectivity index (χ4n) is 1.10. The Hall–Kier alpha value is -1.92. The van der Waals surface area contributed by atoms with Gasteiger partial charge in [-0.1, -0.05) is 0 Å². The van der Waals surface area contributed by atoms with Gasteiger partial charge in [-0.3, -0.25) is 14.4 Å². The Bertz CT molecular complexity index is 289. The van der Waals surface area contributed by atoms with Gasteiger partial charge in [-0.15, -0.1) is 0 Å². The molecule has 1 N–H and O–H groups in total. The molecule has 0 spiro atoms. The molecule has 0 aliphatic heterocycles. The summed E-state index contributed by atoms with van der Waals surface area (Å²) in [4.78, 5) is 42.3. The summed E-state index contributed by atoms with van der Waals surface area (Å²) in [5.74, 6) is -3.21. The average molecular weight is 259 g/mol. The first kappa shape index (κ1) is 16.1. The molecule has 0 unspecified atom stereocenters. The van der Waals surface area contributed by atoms with Crippen molar-refractivity contribution in [3.05, 3.63) is 0 Å². The summed E-state index contributed by atoms with van der Waals surface area (Å²) in [5.41, 5.74) is 0. The smallest absolute Gasteiger partial charge is 0.306 e. The third kappa shape index (κ3) is 10.6. The molecule has 0 aromatic rings. The van der Waals surface area contributed by atoms with Gasteiger partial charge in [0.2, 0.25) is 0 Å². The Balaban J connectivity index is 3.49. The molecular weight excluding hydrogens is 244 g/mol. The van der Waals surface area contributed by atoms with Gasteiger partial charge in [-0.2, -0.15) is 0 Å². The first-order valence-electron chi connectivity index (χ1n) is 5.50. The third-order valence-electron chi connectivity index (χ3n) is 2.01. The van der Waals surface area contributed by atoms with Gasteiger partial charge >= 0.3 is 11.9 Å². The minimum atomic E-state index is -1.32. The Morgan fingerprint density at radius 1 is 0.944 bits per heavy atom. The van der Waals surface area contributed by atoms with Crippen molar-refractivity contribution < 1.29 is 34.1 Å². The number of hydrogen-bond acceptors (Lipinski definition) is 6. The number of carboxylic acids is 2. The maximum atomic E-state index is 11.1. The van der Waals surface area contributed by atoms with E-state index in [1.807, 2.05) is 0 Å². The molecule has 7 heteroatoms. The molecule has 18 heavy (non-hydrogen) atoms. The van der Waals surface area contributed by atoms with Gasteiger partial charge in [0.15, 0.2) is 0 Å². The molecule has 0 fully saturated rings. The van der Waals surface area contributed by atoms with Gasteiger partial charge < -0.3 is 19.7 Å². The van der Waals surface area contributed by atoms with Crippen LogP contribution < -0.4 is 5.11 Å². The number of carbonyl (C=O) groups is 4. The highest BCUT2D eigenvalue weighted by molar-refractivity contribution is 5.82. The standard InChI is InChI=1S/C11H16O7/c12-8(3-4-9(13)14)2-1-7-18-11(17)6-5-10(15)16/h1-7H2,(H,13,14)(H,15,16)/p-1. The molecule has 0 aliphatic rings. The molecule has 0 saturated carbocycles. The van der Waals surface area contributed by atoms with Crippen LogP contribution in [-0.4, -0.2) is 35.4 Å². The number of rotatable bonds is 10. The van der Waals surface area contributed by atoms with E-state index in [-0.39, 0.29) is 38.1 Å². The van der Waals surface area contributed by atoms with Crippen molar-refractivity contribution in [2.75, 3.05) is 6.61 Å². The number of hydrogen-bond donors (Lipinski definition) is 1. The van der Waals surface area contributed by atoms with E-state index in [0.717, 1.165) is 0 Å². The molecule has 0 amide bonds. The van der Waals surface area contributed by atoms with Crippen LogP contribution in [0.25, 0.3) is 0 Å². The summed E-state index contributed by atoms with van der Waals surface area (Å²) < 4.78 is 4.67. The molecule has 7 nitrogen and oxygen atoms in total. The molecule has 0 aliphatic carbocycles. The lowest BCUT2D eigenvalue weighted by Crippen LogP contribution is -2.23. The molecular formula is C11H15O7-. The monoisotopic (exact) mass is 259 g/mol. The van der Waals surface area contributed by atoms with E-state index in [4.69, 9.17) is 5.11 Å². The lowest BCUT2D eigenvalue weighted by molar-refractivity contribution is -0.305. The number of carbonyl (C=O) groups excluding carboxylic acids is 3. The van der Waals surface area contributed by atoms with Crippen molar-refractivity contribution in [1.29, 1.82) is 0 Å². The lowest BCUT2D eigenvalue weighted by Gasteiger charge is -2.04. The average Bonchev–Trinajstić information content (AvgIpc) is 2.29. The number of ketones is 1. The maximum absolute atomic E-state index is 11.1. The highest BCUT2D eigenvalue weighted by Gasteiger charge is 2.07. The van der Waals surface area contributed by atoms with E-state index in [1.165, 1.54) is 0 Å². The van der Waals surface area contributed by atoms with E-state index in [1.54, 1.807) is 0 Å². The fraction of sp³-hybridized carbons (Fsp3) is 0.636. The van der Waals surface area contributed by atoms with Gasteiger partial charge in [0.25, 0.3) is 0 Å². The number of Topliss-reactive ketones (excluding diaryl/α,β-unsaturated/α-hetero) is 1. The third-order valence-corrected chi connectivity index (χ3v) is 2.01. The number of carboxylic acid groups (broad SMARTS) is 2. The summed E-state index contributed by atoms with van der Waals surface area (Å²) >= 11 is 0. The van der Waals surface area contributed by atoms with Crippen molar-refractivity contribution in [3.8, 4) is 0 Å². The fourth-order valence-corrected chi connectivity index (χ4v) is 1.10. The number of esters is 1. The van der Waals surface area contributed by atoms with Gasteiger partial charge in [-0.25, -0.2) is 0 Å². The summed E-state index contributed by atoms with van der Waals surface area (Å²) in [7, 11) is 0. The number of ether oxygens (including phenoxy) is 1. The Morgan fingerprint density at radius 3 is 2.17 bits per heavy atom. The van der Waals surface area contributed by atoms with Gasteiger partial charge in [0, 0.05) is 18.8 Å². The van der Waals surface area contributed by atoms with Crippen LogP contribution in [0.4, 0.5) is 0 Å².